The fourth-order valence-corrected chi connectivity index (χ4v) is 4.15. The average Bonchev–Trinajstić information content (AvgIpc) is 3.16. The molecule has 4 rings (SSSR count). The summed E-state index contributed by atoms with van der Waals surface area (Å²) >= 11 is 0. The molecular formula is C26H24N2O6. The third kappa shape index (κ3) is 4.56. The molecule has 8 nitrogen and oxygen atoms in total. The Balaban J connectivity index is 1.39. The van der Waals surface area contributed by atoms with Crippen LogP contribution in [0.2, 0.25) is 0 Å². The lowest BCUT2D eigenvalue weighted by Gasteiger charge is -2.19. The molecule has 1 atom stereocenters. The van der Waals surface area contributed by atoms with Gasteiger partial charge in [0.2, 0.25) is 5.91 Å². The van der Waals surface area contributed by atoms with Gasteiger partial charge in [0, 0.05) is 11.6 Å². The number of alkyl carbamates (subject to hydrolysis) is 1. The van der Waals surface area contributed by atoms with Crippen LogP contribution in [0.15, 0.2) is 66.7 Å². The number of carbonyl (C=O) groups is 3. The Bertz CT molecular complexity index is 1210. The minimum atomic E-state index is -1.32. The third-order valence-electron chi connectivity index (χ3n) is 5.85. The highest BCUT2D eigenvalue weighted by atomic mass is 16.5. The number of aromatic carboxylic acids is 1. The van der Waals surface area contributed by atoms with Gasteiger partial charge in [-0.05, 0) is 46.9 Å². The van der Waals surface area contributed by atoms with Gasteiger partial charge in [-0.3, -0.25) is 4.79 Å². The molecule has 0 saturated heterocycles. The Labute approximate surface area is 196 Å². The number of fused-ring (bicyclic) bond motifs is 3. The maximum atomic E-state index is 12.6. The molecule has 0 unspecified atom stereocenters. The van der Waals surface area contributed by atoms with Crippen molar-refractivity contribution in [2.24, 2.45) is 0 Å². The first-order valence-corrected chi connectivity index (χ1v) is 10.9. The van der Waals surface area contributed by atoms with Gasteiger partial charge < -0.3 is 25.6 Å². The van der Waals surface area contributed by atoms with Crippen molar-refractivity contribution < 1.29 is 29.3 Å². The summed E-state index contributed by atoms with van der Waals surface area (Å²) in [5.41, 5.74) is 4.26. The lowest BCUT2D eigenvalue weighted by atomic mass is 9.98. The smallest absolute Gasteiger partial charge is 0.407 e. The van der Waals surface area contributed by atoms with E-state index in [4.69, 9.17) is 9.84 Å². The summed E-state index contributed by atoms with van der Waals surface area (Å²) in [6.07, 6.45) is -0.430. The van der Waals surface area contributed by atoms with Crippen LogP contribution in [-0.2, 0) is 9.53 Å². The number of carboxylic acids is 1. The predicted molar refractivity (Wildman–Crippen MR) is 126 cm³/mol. The van der Waals surface area contributed by atoms with E-state index < -0.39 is 29.8 Å². The van der Waals surface area contributed by atoms with Crippen molar-refractivity contribution in [1.82, 2.24) is 5.32 Å². The number of phenols is 1. The zero-order chi connectivity index (χ0) is 24.2. The summed E-state index contributed by atoms with van der Waals surface area (Å²) < 4.78 is 5.50. The SMILES string of the molecule is CC[C@@H](NC(=O)OCC1c2ccccc2-c2ccccc21)C(=O)Nc1ccc(O)c(C(=O)O)c1. The van der Waals surface area contributed by atoms with Crippen molar-refractivity contribution in [2.45, 2.75) is 25.3 Å². The van der Waals surface area contributed by atoms with Gasteiger partial charge in [0.25, 0.3) is 0 Å². The van der Waals surface area contributed by atoms with E-state index in [1.165, 1.54) is 12.1 Å². The van der Waals surface area contributed by atoms with Crippen molar-refractivity contribution in [3.63, 3.8) is 0 Å². The number of nitrogens with one attached hydrogen (secondary N) is 2. The Kier molecular flexibility index (Phi) is 6.49. The Morgan fingerprint density at radius 1 is 0.971 bits per heavy atom. The van der Waals surface area contributed by atoms with Gasteiger partial charge in [-0.1, -0.05) is 55.5 Å². The van der Waals surface area contributed by atoms with E-state index in [9.17, 15) is 19.5 Å². The molecule has 174 valence electrons. The van der Waals surface area contributed by atoms with E-state index >= 15 is 0 Å². The third-order valence-corrected chi connectivity index (χ3v) is 5.85. The fraction of sp³-hybridized carbons (Fsp3) is 0.192. The average molecular weight is 460 g/mol. The first-order valence-electron chi connectivity index (χ1n) is 10.9. The summed E-state index contributed by atoms with van der Waals surface area (Å²) in [4.78, 5) is 36.3. The molecule has 0 aromatic heterocycles. The molecule has 3 aromatic rings. The van der Waals surface area contributed by atoms with Crippen LogP contribution >= 0.6 is 0 Å². The number of carbonyl (C=O) groups excluding carboxylic acids is 2. The number of rotatable bonds is 7. The molecule has 1 aliphatic rings. The Hall–Kier alpha value is -4.33. The number of hydrogen-bond acceptors (Lipinski definition) is 5. The van der Waals surface area contributed by atoms with Crippen LogP contribution in [0.5, 0.6) is 5.75 Å². The van der Waals surface area contributed by atoms with E-state index in [0.717, 1.165) is 28.3 Å². The molecule has 0 aliphatic heterocycles. The number of ether oxygens (including phenoxy) is 1. The number of carboxylic acid groups (broad SMARTS) is 1. The van der Waals surface area contributed by atoms with Crippen molar-refractivity contribution in [3.8, 4) is 16.9 Å². The van der Waals surface area contributed by atoms with E-state index in [-0.39, 0.29) is 23.8 Å². The number of benzene rings is 3. The first kappa shape index (κ1) is 22.8. The van der Waals surface area contributed by atoms with Crippen LogP contribution in [0.1, 0.15) is 40.7 Å². The normalized spacial score (nSPS) is 12.9. The molecule has 2 amide bonds. The zero-order valence-corrected chi connectivity index (χ0v) is 18.4. The van der Waals surface area contributed by atoms with E-state index in [1.54, 1.807) is 6.92 Å². The molecule has 0 heterocycles. The van der Waals surface area contributed by atoms with E-state index in [0.29, 0.717) is 6.42 Å². The molecule has 0 saturated carbocycles. The number of amides is 2. The summed E-state index contributed by atoms with van der Waals surface area (Å²) in [6.45, 7) is 1.85. The number of anilines is 1. The molecular weight excluding hydrogens is 436 g/mol. The van der Waals surface area contributed by atoms with Crippen LogP contribution in [0.25, 0.3) is 11.1 Å². The lowest BCUT2D eigenvalue weighted by molar-refractivity contribution is -0.118. The summed E-state index contributed by atoms with van der Waals surface area (Å²) in [7, 11) is 0. The molecule has 34 heavy (non-hydrogen) atoms. The lowest BCUT2D eigenvalue weighted by Crippen LogP contribution is -2.43. The van der Waals surface area contributed by atoms with Gasteiger partial charge in [-0.15, -0.1) is 0 Å². The summed E-state index contributed by atoms with van der Waals surface area (Å²) in [5.74, 6) is -2.36. The molecule has 0 spiro atoms. The van der Waals surface area contributed by atoms with Crippen LogP contribution in [0.4, 0.5) is 10.5 Å². The molecule has 0 radical (unpaired) electrons. The second kappa shape index (κ2) is 9.66. The zero-order valence-electron chi connectivity index (χ0n) is 18.4. The van der Waals surface area contributed by atoms with Gasteiger partial charge in [-0.2, -0.15) is 0 Å². The topological polar surface area (TPSA) is 125 Å². The molecule has 3 aromatic carbocycles. The minimum Gasteiger partial charge on any atom is -0.507 e. The van der Waals surface area contributed by atoms with Crippen LogP contribution in [0.3, 0.4) is 0 Å². The second-order valence-electron chi connectivity index (χ2n) is 7.96. The Morgan fingerprint density at radius 3 is 2.18 bits per heavy atom. The van der Waals surface area contributed by atoms with Gasteiger partial charge in [0.15, 0.2) is 0 Å². The van der Waals surface area contributed by atoms with Crippen molar-refractivity contribution in [2.75, 3.05) is 11.9 Å². The molecule has 8 heteroatoms. The molecule has 0 bridgehead atoms. The highest BCUT2D eigenvalue weighted by Crippen LogP contribution is 2.44. The van der Waals surface area contributed by atoms with Crippen LogP contribution in [-0.4, -0.2) is 40.8 Å². The van der Waals surface area contributed by atoms with Gasteiger partial charge in [0.05, 0.1) is 0 Å². The van der Waals surface area contributed by atoms with Crippen molar-refractivity contribution in [1.29, 1.82) is 0 Å². The van der Waals surface area contributed by atoms with Crippen LogP contribution < -0.4 is 10.6 Å². The Morgan fingerprint density at radius 2 is 1.59 bits per heavy atom. The predicted octanol–water partition coefficient (Wildman–Crippen LogP) is 4.35. The molecule has 4 N–H and O–H groups in total. The number of hydrogen-bond donors (Lipinski definition) is 4. The summed E-state index contributed by atoms with van der Waals surface area (Å²) in [6, 6.07) is 18.8. The van der Waals surface area contributed by atoms with Crippen molar-refractivity contribution in [3.05, 3.63) is 83.4 Å². The minimum absolute atomic E-state index is 0.0986. The second-order valence-corrected chi connectivity index (χ2v) is 7.96. The summed E-state index contributed by atoms with van der Waals surface area (Å²) in [5, 5.41) is 23.9. The number of aromatic hydroxyl groups is 1. The highest BCUT2D eigenvalue weighted by Gasteiger charge is 2.29. The standard InChI is InChI=1S/C26H24N2O6/c1-2-22(24(30)27-15-11-12-23(29)20(13-15)25(31)32)28-26(33)34-14-21-18-9-5-3-7-16(18)17-8-4-6-10-19(17)21/h3-13,21-22,29H,2,14H2,1H3,(H,27,30)(H,28,33)(H,31,32)/t22-/m1/s1. The maximum absolute atomic E-state index is 12.6. The monoisotopic (exact) mass is 460 g/mol. The van der Waals surface area contributed by atoms with E-state index in [1.807, 2.05) is 48.5 Å². The van der Waals surface area contributed by atoms with Crippen LogP contribution in [0, 0.1) is 0 Å². The largest absolute Gasteiger partial charge is 0.507 e. The molecule has 1 aliphatic carbocycles. The van der Waals surface area contributed by atoms with E-state index in [2.05, 4.69) is 10.6 Å². The first-order chi connectivity index (χ1) is 16.4. The maximum Gasteiger partial charge on any atom is 0.407 e. The fourth-order valence-electron chi connectivity index (χ4n) is 4.15. The van der Waals surface area contributed by atoms with Crippen molar-refractivity contribution >= 4 is 23.7 Å². The van der Waals surface area contributed by atoms with Gasteiger partial charge in [-0.25, -0.2) is 9.59 Å². The quantitative estimate of drug-likeness (QED) is 0.389. The highest BCUT2D eigenvalue weighted by molar-refractivity contribution is 5.98. The molecule has 0 fully saturated rings. The van der Waals surface area contributed by atoms with Gasteiger partial charge in [0.1, 0.15) is 24.0 Å². The van der Waals surface area contributed by atoms with Gasteiger partial charge >= 0.3 is 12.1 Å².